The summed E-state index contributed by atoms with van der Waals surface area (Å²) in [6.07, 6.45) is 4.30. The fourth-order valence-electron chi connectivity index (χ4n) is 2.49. The maximum atomic E-state index is 12.4. The highest BCUT2D eigenvalue weighted by molar-refractivity contribution is 5.79. The molecule has 0 saturated carbocycles. The second-order valence-electron chi connectivity index (χ2n) is 4.82. The van der Waals surface area contributed by atoms with E-state index in [0.29, 0.717) is 11.9 Å². The standard InChI is InChI=1S/C13H26N2O/c1-4-9-15(10-5-2)13(16)12-7-6-8-14-11(12)3/h11-12,14H,4-10H2,1-3H3. The third-order valence-corrected chi connectivity index (χ3v) is 3.38. The van der Waals surface area contributed by atoms with Gasteiger partial charge in [0.1, 0.15) is 0 Å². The first-order chi connectivity index (χ1) is 7.70. The average molecular weight is 226 g/mol. The lowest BCUT2D eigenvalue weighted by molar-refractivity contribution is -0.137. The molecule has 1 N–H and O–H groups in total. The second-order valence-corrected chi connectivity index (χ2v) is 4.82. The van der Waals surface area contributed by atoms with Crippen LogP contribution in [0.1, 0.15) is 46.5 Å². The molecular weight excluding hydrogens is 200 g/mol. The van der Waals surface area contributed by atoms with Gasteiger partial charge in [0, 0.05) is 19.1 Å². The molecule has 1 aliphatic heterocycles. The minimum absolute atomic E-state index is 0.201. The quantitative estimate of drug-likeness (QED) is 0.778. The smallest absolute Gasteiger partial charge is 0.227 e. The summed E-state index contributed by atoms with van der Waals surface area (Å²) in [5, 5.41) is 3.40. The van der Waals surface area contributed by atoms with Gasteiger partial charge in [-0.2, -0.15) is 0 Å². The molecule has 0 aromatic carbocycles. The van der Waals surface area contributed by atoms with Gasteiger partial charge in [0.25, 0.3) is 0 Å². The molecule has 0 radical (unpaired) electrons. The Bertz CT molecular complexity index is 212. The second kappa shape index (κ2) is 6.89. The Morgan fingerprint density at radius 3 is 2.44 bits per heavy atom. The highest BCUT2D eigenvalue weighted by atomic mass is 16.2. The Morgan fingerprint density at radius 2 is 1.94 bits per heavy atom. The van der Waals surface area contributed by atoms with E-state index in [1.165, 1.54) is 0 Å². The molecule has 1 heterocycles. The number of hydrogen-bond acceptors (Lipinski definition) is 2. The molecule has 1 amide bonds. The number of nitrogens with one attached hydrogen (secondary N) is 1. The van der Waals surface area contributed by atoms with Gasteiger partial charge in [0.05, 0.1) is 5.92 Å². The molecule has 0 spiro atoms. The van der Waals surface area contributed by atoms with Gasteiger partial charge in [-0.15, -0.1) is 0 Å². The number of nitrogens with zero attached hydrogens (tertiary/aromatic N) is 1. The van der Waals surface area contributed by atoms with Crippen LogP contribution in [0.15, 0.2) is 0 Å². The summed E-state index contributed by atoms with van der Waals surface area (Å²) in [4.78, 5) is 14.4. The number of carbonyl (C=O) groups is 1. The van der Waals surface area contributed by atoms with Crippen LogP contribution in [0, 0.1) is 5.92 Å². The summed E-state index contributed by atoms with van der Waals surface area (Å²) in [7, 11) is 0. The number of amides is 1. The molecule has 0 bridgehead atoms. The molecule has 1 fully saturated rings. The third kappa shape index (κ3) is 3.48. The first-order valence-electron chi connectivity index (χ1n) is 6.72. The molecule has 3 nitrogen and oxygen atoms in total. The summed E-state index contributed by atoms with van der Waals surface area (Å²) < 4.78 is 0. The number of piperidine rings is 1. The minimum Gasteiger partial charge on any atom is -0.342 e. The van der Waals surface area contributed by atoms with Crippen molar-refractivity contribution in [1.29, 1.82) is 0 Å². The summed E-state index contributed by atoms with van der Waals surface area (Å²) >= 11 is 0. The zero-order chi connectivity index (χ0) is 12.0. The third-order valence-electron chi connectivity index (χ3n) is 3.38. The Kier molecular flexibility index (Phi) is 5.81. The van der Waals surface area contributed by atoms with Gasteiger partial charge in [-0.05, 0) is 39.2 Å². The Labute approximate surface area is 99.6 Å². The van der Waals surface area contributed by atoms with E-state index in [-0.39, 0.29) is 5.92 Å². The molecule has 3 heteroatoms. The van der Waals surface area contributed by atoms with E-state index in [0.717, 1.165) is 45.3 Å². The molecule has 0 aromatic rings. The number of hydrogen-bond donors (Lipinski definition) is 1. The van der Waals surface area contributed by atoms with Crippen molar-refractivity contribution >= 4 is 5.91 Å². The van der Waals surface area contributed by atoms with Crippen molar-refractivity contribution in [2.75, 3.05) is 19.6 Å². The average Bonchev–Trinajstić information content (AvgIpc) is 2.28. The van der Waals surface area contributed by atoms with Crippen LogP contribution in [0.3, 0.4) is 0 Å². The van der Waals surface area contributed by atoms with E-state index in [2.05, 4.69) is 26.1 Å². The van der Waals surface area contributed by atoms with Crippen LogP contribution < -0.4 is 5.32 Å². The van der Waals surface area contributed by atoms with Crippen molar-refractivity contribution in [1.82, 2.24) is 10.2 Å². The summed E-state index contributed by atoms with van der Waals surface area (Å²) in [6.45, 7) is 9.30. The first kappa shape index (κ1) is 13.5. The van der Waals surface area contributed by atoms with Gasteiger partial charge in [0.2, 0.25) is 5.91 Å². The van der Waals surface area contributed by atoms with Gasteiger partial charge < -0.3 is 10.2 Å². The molecule has 2 atom stereocenters. The highest BCUT2D eigenvalue weighted by Gasteiger charge is 2.30. The van der Waals surface area contributed by atoms with Crippen molar-refractivity contribution in [3.05, 3.63) is 0 Å². The van der Waals surface area contributed by atoms with Gasteiger partial charge in [-0.1, -0.05) is 13.8 Å². The molecule has 0 aromatic heterocycles. The van der Waals surface area contributed by atoms with Crippen LogP contribution in [0.5, 0.6) is 0 Å². The molecule has 1 saturated heterocycles. The largest absolute Gasteiger partial charge is 0.342 e. The lowest BCUT2D eigenvalue weighted by Crippen LogP contribution is -2.48. The summed E-state index contributed by atoms with van der Waals surface area (Å²) in [5.74, 6) is 0.565. The Morgan fingerprint density at radius 1 is 1.31 bits per heavy atom. The van der Waals surface area contributed by atoms with E-state index in [4.69, 9.17) is 0 Å². The van der Waals surface area contributed by atoms with Crippen molar-refractivity contribution in [3.8, 4) is 0 Å². The van der Waals surface area contributed by atoms with Crippen molar-refractivity contribution in [2.45, 2.75) is 52.5 Å². The van der Waals surface area contributed by atoms with E-state index >= 15 is 0 Å². The van der Waals surface area contributed by atoms with Gasteiger partial charge in [-0.3, -0.25) is 4.79 Å². The lowest BCUT2D eigenvalue weighted by atomic mass is 9.90. The first-order valence-corrected chi connectivity index (χ1v) is 6.72. The monoisotopic (exact) mass is 226 g/mol. The van der Waals surface area contributed by atoms with Crippen LogP contribution in [0.4, 0.5) is 0 Å². The highest BCUT2D eigenvalue weighted by Crippen LogP contribution is 2.19. The van der Waals surface area contributed by atoms with Crippen LogP contribution in [-0.4, -0.2) is 36.5 Å². The zero-order valence-corrected chi connectivity index (χ0v) is 11.0. The van der Waals surface area contributed by atoms with Crippen LogP contribution >= 0.6 is 0 Å². The van der Waals surface area contributed by atoms with Crippen LogP contribution in [0.25, 0.3) is 0 Å². The van der Waals surface area contributed by atoms with E-state index in [9.17, 15) is 4.79 Å². The fraction of sp³-hybridized carbons (Fsp3) is 0.923. The molecule has 1 aliphatic rings. The zero-order valence-electron chi connectivity index (χ0n) is 11.0. The van der Waals surface area contributed by atoms with E-state index in [1.54, 1.807) is 0 Å². The Balaban J connectivity index is 2.57. The van der Waals surface area contributed by atoms with E-state index < -0.39 is 0 Å². The minimum atomic E-state index is 0.201. The summed E-state index contributed by atoms with van der Waals surface area (Å²) in [6, 6.07) is 0.345. The van der Waals surface area contributed by atoms with Gasteiger partial charge in [0.15, 0.2) is 0 Å². The van der Waals surface area contributed by atoms with Gasteiger partial charge in [-0.25, -0.2) is 0 Å². The van der Waals surface area contributed by atoms with Crippen molar-refractivity contribution in [2.24, 2.45) is 5.92 Å². The maximum Gasteiger partial charge on any atom is 0.227 e. The predicted molar refractivity (Wildman–Crippen MR) is 67.4 cm³/mol. The Hall–Kier alpha value is -0.570. The van der Waals surface area contributed by atoms with Crippen molar-refractivity contribution < 1.29 is 4.79 Å². The molecule has 94 valence electrons. The molecular formula is C13H26N2O. The van der Waals surface area contributed by atoms with Gasteiger partial charge >= 0.3 is 0 Å². The van der Waals surface area contributed by atoms with Crippen molar-refractivity contribution in [3.63, 3.8) is 0 Å². The lowest BCUT2D eigenvalue weighted by Gasteiger charge is -2.33. The van der Waals surface area contributed by atoms with Crippen LogP contribution in [0.2, 0.25) is 0 Å². The molecule has 16 heavy (non-hydrogen) atoms. The fourth-order valence-corrected chi connectivity index (χ4v) is 2.49. The number of carbonyl (C=O) groups excluding carboxylic acids is 1. The normalized spacial score (nSPS) is 25.4. The van der Waals surface area contributed by atoms with E-state index in [1.807, 2.05) is 4.90 Å². The predicted octanol–water partition coefficient (Wildman–Crippen LogP) is 2.02. The summed E-state index contributed by atoms with van der Waals surface area (Å²) in [5.41, 5.74) is 0. The number of rotatable bonds is 5. The molecule has 1 rings (SSSR count). The SMILES string of the molecule is CCCN(CCC)C(=O)C1CCCNC1C. The van der Waals surface area contributed by atoms with Crippen LogP contribution in [-0.2, 0) is 4.79 Å². The topological polar surface area (TPSA) is 32.3 Å². The molecule has 0 aliphatic carbocycles. The maximum absolute atomic E-state index is 12.4. The molecule has 2 unspecified atom stereocenters.